The van der Waals surface area contributed by atoms with E-state index in [0.717, 1.165) is 0 Å². The van der Waals surface area contributed by atoms with E-state index in [1.54, 1.807) is 29.6 Å². The molecule has 1 aromatic carbocycles. The Labute approximate surface area is 141 Å². The molecule has 0 saturated heterocycles. The van der Waals surface area contributed by atoms with Gasteiger partial charge in [0.25, 0.3) is 0 Å². The Balaban J connectivity index is 2.11. The molecule has 8 heteroatoms. The molecule has 2 rings (SSSR count). The van der Waals surface area contributed by atoms with Crippen LogP contribution < -0.4 is 10.6 Å². The van der Waals surface area contributed by atoms with Crippen molar-refractivity contribution in [2.75, 3.05) is 17.7 Å². The lowest BCUT2D eigenvalue weighted by atomic mass is 10.3. The SMILES string of the molecule is COC(=O)c1sccc1NC(=S)Nc1cccc(Cl)c1Cl. The Kier molecular flexibility index (Phi) is 5.41. The van der Waals surface area contributed by atoms with E-state index in [4.69, 9.17) is 40.2 Å². The summed E-state index contributed by atoms with van der Waals surface area (Å²) >= 11 is 18.5. The molecule has 0 aliphatic carbocycles. The molecule has 2 N–H and O–H groups in total. The molecular formula is C13H10Cl2N2O2S2. The first-order valence-corrected chi connectivity index (χ1v) is 7.75. The van der Waals surface area contributed by atoms with Crippen LogP contribution in [0.1, 0.15) is 9.67 Å². The van der Waals surface area contributed by atoms with E-state index in [0.29, 0.717) is 31.4 Å². The maximum Gasteiger partial charge on any atom is 0.350 e. The summed E-state index contributed by atoms with van der Waals surface area (Å²) in [5.74, 6) is -0.420. The van der Waals surface area contributed by atoms with Gasteiger partial charge >= 0.3 is 5.97 Å². The van der Waals surface area contributed by atoms with Gasteiger partial charge in [-0.05, 0) is 35.8 Å². The average Bonchev–Trinajstić information content (AvgIpc) is 2.91. The van der Waals surface area contributed by atoms with Crippen LogP contribution in [0, 0.1) is 0 Å². The van der Waals surface area contributed by atoms with E-state index in [-0.39, 0.29) is 0 Å². The number of benzene rings is 1. The Morgan fingerprint density at radius 1 is 1.24 bits per heavy atom. The standard InChI is InChI=1S/C13H10Cl2N2O2S2/c1-19-12(18)11-9(5-6-21-11)17-13(20)16-8-4-2-3-7(14)10(8)15/h2-6H,1H3,(H2,16,17,20). The summed E-state index contributed by atoms with van der Waals surface area (Å²) in [6, 6.07) is 6.92. The zero-order chi connectivity index (χ0) is 15.4. The predicted molar refractivity (Wildman–Crippen MR) is 92.0 cm³/mol. The van der Waals surface area contributed by atoms with Crippen LogP contribution in [0.15, 0.2) is 29.6 Å². The number of ether oxygens (including phenoxy) is 1. The fourth-order valence-electron chi connectivity index (χ4n) is 1.53. The lowest BCUT2D eigenvalue weighted by Crippen LogP contribution is -2.20. The molecule has 0 unspecified atom stereocenters. The van der Waals surface area contributed by atoms with E-state index >= 15 is 0 Å². The third-order valence-electron chi connectivity index (χ3n) is 2.48. The average molecular weight is 361 g/mol. The van der Waals surface area contributed by atoms with Crippen molar-refractivity contribution in [2.24, 2.45) is 0 Å². The first kappa shape index (κ1) is 16.0. The summed E-state index contributed by atoms with van der Waals surface area (Å²) in [7, 11) is 1.33. The maximum atomic E-state index is 11.6. The molecule has 0 aliphatic rings. The molecule has 1 aromatic heterocycles. The van der Waals surface area contributed by atoms with Gasteiger partial charge in [0.2, 0.25) is 0 Å². The van der Waals surface area contributed by atoms with Crippen molar-refractivity contribution in [3.05, 3.63) is 44.6 Å². The minimum atomic E-state index is -0.420. The molecule has 0 aliphatic heterocycles. The van der Waals surface area contributed by atoms with Gasteiger partial charge in [-0.2, -0.15) is 0 Å². The summed E-state index contributed by atoms with van der Waals surface area (Å²) < 4.78 is 4.70. The van der Waals surface area contributed by atoms with Gasteiger partial charge in [0.1, 0.15) is 4.88 Å². The number of carbonyl (C=O) groups is 1. The van der Waals surface area contributed by atoms with Gasteiger partial charge in [-0.25, -0.2) is 4.79 Å². The highest BCUT2D eigenvalue weighted by molar-refractivity contribution is 7.80. The van der Waals surface area contributed by atoms with Crippen molar-refractivity contribution in [2.45, 2.75) is 0 Å². The minimum Gasteiger partial charge on any atom is -0.465 e. The smallest absolute Gasteiger partial charge is 0.350 e. The lowest BCUT2D eigenvalue weighted by molar-refractivity contribution is 0.0607. The first-order chi connectivity index (χ1) is 10.0. The number of methoxy groups -OCH3 is 1. The second-order valence-corrected chi connectivity index (χ2v) is 5.95. The number of thiophene rings is 1. The van der Waals surface area contributed by atoms with Gasteiger partial charge in [-0.3, -0.25) is 0 Å². The highest BCUT2D eigenvalue weighted by Gasteiger charge is 2.14. The number of nitrogens with one attached hydrogen (secondary N) is 2. The number of rotatable bonds is 3. The first-order valence-electron chi connectivity index (χ1n) is 5.70. The normalized spacial score (nSPS) is 10.0. The largest absolute Gasteiger partial charge is 0.465 e. The van der Waals surface area contributed by atoms with E-state index in [2.05, 4.69) is 10.6 Å². The van der Waals surface area contributed by atoms with Gasteiger partial charge in [0.05, 0.1) is 28.5 Å². The van der Waals surface area contributed by atoms with Crippen LogP contribution in [0.2, 0.25) is 10.0 Å². The molecule has 0 fully saturated rings. The Morgan fingerprint density at radius 2 is 1.95 bits per heavy atom. The summed E-state index contributed by atoms with van der Waals surface area (Å²) in [5, 5.41) is 8.72. The third kappa shape index (κ3) is 3.85. The van der Waals surface area contributed by atoms with Gasteiger partial charge in [0, 0.05) is 0 Å². The molecule has 2 aromatic rings. The van der Waals surface area contributed by atoms with Crippen molar-refractivity contribution in [3.63, 3.8) is 0 Å². The van der Waals surface area contributed by atoms with Crippen LogP contribution in [0.5, 0.6) is 0 Å². The van der Waals surface area contributed by atoms with E-state index in [1.165, 1.54) is 18.4 Å². The Hall–Kier alpha value is -1.34. The van der Waals surface area contributed by atoms with Crippen molar-refractivity contribution in [1.82, 2.24) is 0 Å². The second kappa shape index (κ2) is 7.09. The fraction of sp³-hybridized carbons (Fsp3) is 0.0769. The fourth-order valence-corrected chi connectivity index (χ4v) is 2.87. The molecule has 21 heavy (non-hydrogen) atoms. The van der Waals surface area contributed by atoms with Gasteiger partial charge in [-0.1, -0.05) is 29.3 Å². The number of thiocarbonyl (C=S) groups is 1. The van der Waals surface area contributed by atoms with Crippen molar-refractivity contribution < 1.29 is 9.53 Å². The lowest BCUT2D eigenvalue weighted by Gasteiger charge is -2.12. The number of anilines is 2. The van der Waals surface area contributed by atoms with Crippen LogP contribution in [0.3, 0.4) is 0 Å². The Bertz CT molecular complexity index is 689. The molecule has 110 valence electrons. The van der Waals surface area contributed by atoms with Crippen LogP contribution in [-0.4, -0.2) is 18.2 Å². The monoisotopic (exact) mass is 360 g/mol. The van der Waals surface area contributed by atoms with Gasteiger partial charge in [-0.15, -0.1) is 11.3 Å². The minimum absolute atomic E-state index is 0.294. The summed E-state index contributed by atoms with van der Waals surface area (Å²) in [4.78, 5) is 12.0. The van der Waals surface area contributed by atoms with Gasteiger partial charge in [0.15, 0.2) is 5.11 Å². The highest BCUT2D eigenvalue weighted by atomic mass is 35.5. The Morgan fingerprint density at radius 3 is 2.67 bits per heavy atom. The number of halogens is 2. The second-order valence-electron chi connectivity index (χ2n) is 3.84. The van der Waals surface area contributed by atoms with E-state index in [9.17, 15) is 4.79 Å². The zero-order valence-electron chi connectivity index (χ0n) is 10.8. The molecular weight excluding hydrogens is 351 g/mol. The molecule has 0 saturated carbocycles. The van der Waals surface area contributed by atoms with Crippen LogP contribution >= 0.6 is 46.8 Å². The van der Waals surface area contributed by atoms with Crippen molar-refractivity contribution in [3.8, 4) is 0 Å². The molecule has 0 bridgehead atoms. The van der Waals surface area contributed by atoms with Crippen LogP contribution in [-0.2, 0) is 4.74 Å². The van der Waals surface area contributed by atoms with E-state index in [1.807, 2.05) is 0 Å². The summed E-state index contributed by atoms with van der Waals surface area (Å²) in [5.41, 5.74) is 1.15. The summed E-state index contributed by atoms with van der Waals surface area (Å²) in [6.07, 6.45) is 0. The van der Waals surface area contributed by atoms with Crippen LogP contribution in [0.25, 0.3) is 0 Å². The molecule has 0 amide bonds. The molecule has 0 spiro atoms. The number of hydrogen-bond acceptors (Lipinski definition) is 4. The predicted octanol–water partition coefficient (Wildman–Crippen LogP) is 4.65. The maximum absolute atomic E-state index is 11.6. The third-order valence-corrected chi connectivity index (χ3v) is 4.40. The molecule has 0 atom stereocenters. The molecule has 1 heterocycles. The topological polar surface area (TPSA) is 50.4 Å². The van der Waals surface area contributed by atoms with Crippen molar-refractivity contribution >= 4 is 69.2 Å². The van der Waals surface area contributed by atoms with E-state index < -0.39 is 5.97 Å². The number of carbonyl (C=O) groups excluding carboxylic acids is 1. The summed E-state index contributed by atoms with van der Waals surface area (Å²) in [6.45, 7) is 0. The van der Waals surface area contributed by atoms with Crippen LogP contribution in [0.4, 0.5) is 11.4 Å². The molecule has 4 nitrogen and oxygen atoms in total. The number of hydrogen-bond donors (Lipinski definition) is 2. The number of esters is 1. The molecule has 0 radical (unpaired) electrons. The van der Waals surface area contributed by atoms with Gasteiger partial charge < -0.3 is 15.4 Å². The van der Waals surface area contributed by atoms with Crippen molar-refractivity contribution in [1.29, 1.82) is 0 Å². The zero-order valence-corrected chi connectivity index (χ0v) is 13.9. The highest BCUT2D eigenvalue weighted by Crippen LogP contribution is 2.30. The quantitative estimate of drug-likeness (QED) is 0.616.